The number of hydrogen-bond donors (Lipinski definition) is 0. The Hall–Kier alpha value is -2.00. The van der Waals surface area contributed by atoms with E-state index in [1.165, 1.54) is 17.9 Å². The summed E-state index contributed by atoms with van der Waals surface area (Å²) in [6.07, 6.45) is -0.706. The molecule has 1 atom stereocenters. The van der Waals surface area contributed by atoms with E-state index in [1.807, 2.05) is 6.07 Å². The summed E-state index contributed by atoms with van der Waals surface area (Å²) in [6, 6.07) is 3.79. The van der Waals surface area contributed by atoms with Crippen molar-refractivity contribution in [2.75, 3.05) is 19.7 Å². The van der Waals surface area contributed by atoms with E-state index in [4.69, 9.17) is 10.00 Å². The number of benzene rings is 1. The highest BCUT2D eigenvalue weighted by Gasteiger charge is 2.26. The molecule has 0 N–H and O–H groups in total. The normalized spacial score (nSPS) is 19.1. The van der Waals surface area contributed by atoms with Gasteiger partial charge in [0.25, 0.3) is 5.91 Å². The standard InChI is InChI=1S/C13H12F2N2O2/c1-8-4-10(12(15)5-11(8)14)13(18)17-2-3-19-9(6-16)7-17/h4-5,9H,2-3,7H2,1H3. The van der Waals surface area contributed by atoms with Gasteiger partial charge in [-0.05, 0) is 18.6 Å². The Bertz CT molecular complexity index is 554. The molecule has 1 aliphatic rings. The van der Waals surface area contributed by atoms with Crippen molar-refractivity contribution < 1.29 is 18.3 Å². The summed E-state index contributed by atoms with van der Waals surface area (Å²) in [4.78, 5) is 13.5. The van der Waals surface area contributed by atoms with Crippen LogP contribution in [0.3, 0.4) is 0 Å². The average Bonchev–Trinajstić information content (AvgIpc) is 2.42. The molecule has 1 aromatic carbocycles. The highest BCUT2D eigenvalue weighted by atomic mass is 19.1. The van der Waals surface area contributed by atoms with Crippen LogP contribution in [0.25, 0.3) is 0 Å². The first-order valence-corrected chi connectivity index (χ1v) is 5.79. The van der Waals surface area contributed by atoms with E-state index in [1.54, 1.807) is 0 Å². The van der Waals surface area contributed by atoms with E-state index in [2.05, 4.69) is 0 Å². The Morgan fingerprint density at radius 1 is 1.47 bits per heavy atom. The van der Waals surface area contributed by atoms with E-state index >= 15 is 0 Å². The number of morpholine rings is 1. The van der Waals surface area contributed by atoms with Crippen LogP contribution in [0, 0.1) is 29.9 Å². The van der Waals surface area contributed by atoms with Crippen molar-refractivity contribution in [3.8, 4) is 6.07 Å². The second-order valence-electron chi connectivity index (χ2n) is 4.32. The fourth-order valence-electron chi connectivity index (χ4n) is 1.90. The maximum atomic E-state index is 13.6. The Kier molecular flexibility index (Phi) is 3.76. The van der Waals surface area contributed by atoms with Crippen molar-refractivity contribution >= 4 is 5.91 Å². The third kappa shape index (κ3) is 2.71. The molecule has 19 heavy (non-hydrogen) atoms. The summed E-state index contributed by atoms with van der Waals surface area (Å²) in [5.74, 6) is -2.14. The quantitative estimate of drug-likeness (QED) is 0.776. The Labute approximate surface area is 109 Å². The Morgan fingerprint density at radius 3 is 2.89 bits per heavy atom. The fraction of sp³-hybridized carbons (Fsp3) is 0.385. The Morgan fingerprint density at radius 2 is 2.21 bits per heavy atom. The lowest BCUT2D eigenvalue weighted by atomic mass is 10.1. The van der Waals surface area contributed by atoms with Gasteiger partial charge in [-0.3, -0.25) is 4.79 Å². The summed E-state index contributed by atoms with van der Waals surface area (Å²) in [5.41, 5.74) is 0.0207. The van der Waals surface area contributed by atoms with Crippen molar-refractivity contribution in [1.29, 1.82) is 5.26 Å². The molecule has 0 saturated carbocycles. The maximum Gasteiger partial charge on any atom is 0.257 e. The molecule has 1 aliphatic heterocycles. The van der Waals surface area contributed by atoms with Gasteiger partial charge in [0.1, 0.15) is 11.6 Å². The van der Waals surface area contributed by atoms with Crippen molar-refractivity contribution in [1.82, 2.24) is 4.90 Å². The lowest BCUT2D eigenvalue weighted by Crippen LogP contribution is -2.45. The molecule has 1 unspecified atom stereocenters. The smallest absolute Gasteiger partial charge is 0.257 e. The largest absolute Gasteiger partial charge is 0.360 e. The van der Waals surface area contributed by atoms with E-state index in [0.29, 0.717) is 6.07 Å². The molecule has 1 heterocycles. The number of ether oxygens (including phenoxy) is 1. The summed E-state index contributed by atoms with van der Waals surface area (Å²) in [7, 11) is 0. The molecule has 1 amide bonds. The molecule has 0 aromatic heterocycles. The second kappa shape index (κ2) is 5.33. The van der Waals surface area contributed by atoms with Gasteiger partial charge in [-0.25, -0.2) is 8.78 Å². The van der Waals surface area contributed by atoms with Gasteiger partial charge < -0.3 is 9.64 Å². The minimum absolute atomic E-state index is 0.0885. The molecule has 100 valence electrons. The first kappa shape index (κ1) is 13.4. The summed E-state index contributed by atoms with van der Waals surface area (Å²) >= 11 is 0. The number of rotatable bonds is 1. The van der Waals surface area contributed by atoms with Crippen LogP contribution in [0.5, 0.6) is 0 Å². The number of aryl methyl sites for hydroxylation is 1. The SMILES string of the molecule is Cc1cc(C(=O)N2CCOC(C#N)C2)c(F)cc1F. The highest BCUT2D eigenvalue weighted by molar-refractivity contribution is 5.94. The van der Waals surface area contributed by atoms with Crippen LogP contribution >= 0.6 is 0 Å². The number of carbonyl (C=O) groups is 1. The highest BCUT2D eigenvalue weighted by Crippen LogP contribution is 2.17. The van der Waals surface area contributed by atoms with Crippen LogP contribution in [0.4, 0.5) is 8.78 Å². The van der Waals surface area contributed by atoms with E-state index in [0.717, 1.165) is 0 Å². The van der Waals surface area contributed by atoms with Crippen LogP contribution in [-0.4, -0.2) is 36.6 Å². The Balaban J connectivity index is 2.25. The zero-order chi connectivity index (χ0) is 14.0. The monoisotopic (exact) mass is 266 g/mol. The third-order valence-corrected chi connectivity index (χ3v) is 2.98. The molecular weight excluding hydrogens is 254 g/mol. The van der Waals surface area contributed by atoms with Gasteiger partial charge in [0, 0.05) is 12.6 Å². The predicted octanol–water partition coefficient (Wildman–Crippen LogP) is 1.64. The van der Waals surface area contributed by atoms with Crippen molar-refractivity contribution in [3.63, 3.8) is 0 Å². The van der Waals surface area contributed by atoms with E-state index in [9.17, 15) is 13.6 Å². The van der Waals surface area contributed by atoms with Crippen LogP contribution < -0.4 is 0 Å². The lowest BCUT2D eigenvalue weighted by Gasteiger charge is -2.30. The predicted molar refractivity (Wildman–Crippen MR) is 62.4 cm³/mol. The van der Waals surface area contributed by atoms with Gasteiger partial charge in [0.15, 0.2) is 6.10 Å². The van der Waals surface area contributed by atoms with Gasteiger partial charge >= 0.3 is 0 Å². The first-order chi connectivity index (χ1) is 9.02. The van der Waals surface area contributed by atoms with Gasteiger partial charge in [-0.2, -0.15) is 5.26 Å². The topological polar surface area (TPSA) is 53.3 Å². The summed E-state index contributed by atoms with van der Waals surface area (Å²) < 4.78 is 31.9. The lowest BCUT2D eigenvalue weighted by molar-refractivity contribution is 0.00325. The minimum Gasteiger partial charge on any atom is -0.360 e. The van der Waals surface area contributed by atoms with Gasteiger partial charge in [0.05, 0.1) is 24.8 Å². The second-order valence-corrected chi connectivity index (χ2v) is 4.32. The number of carbonyl (C=O) groups excluding carboxylic acids is 1. The molecule has 6 heteroatoms. The van der Waals surface area contributed by atoms with E-state index < -0.39 is 23.6 Å². The number of nitriles is 1. The van der Waals surface area contributed by atoms with Gasteiger partial charge in [-0.15, -0.1) is 0 Å². The first-order valence-electron chi connectivity index (χ1n) is 5.79. The van der Waals surface area contributed by atoms with Crippen LogP contribution in [0.2, 0.25) is 0 Å². The van der Waals surface area contributed by atoms with Crippen molar-refractivity contribution in [3.05, 3.63) is 34.9 Å². The summed E-state index contributed by atoms with van der Waals surface area (Å²) in [6.45, 7) is 2.06. The zero-order valence-electron chi connectivity index (χ0n) is 10.3. The van der Waals surface area contributed by atoms with E-state index in [-0.39, 0.29) is 30.8 Å². The van der Waals surface area contributed by atoms with Crippen LogP contribution in [0.1, 0.15) is 15.9 Å². The molecule has 0 bridgehead atoms. The van der Waals surface area contributed by atoms with Gasteiger partial charge in [-0.1, -0.05) is 0 Å². The van der Waals surface area contributed by atoms with Crippen molar-refractivity contribution in [2.45, 2.75) is 13.0 Å². The van der Waals surface area contributed by atoms with Crippen LogP contribution in [-0.2, 0) is 4.74 Å². The molecule has 0 aliphatic carbocycles. The molecule has 1 aromatic rings. The summed E-state index contributed by atoms with van der Waals surface area (Å²) in [5, 5.41) is 8.76. The molecule has 1 saturated heterocycles. The zero-order valence-corrected chi connectivity index (χ0v) is 10.3. The molecule has 0 spiro atoms. The number of amides is 1. The van der Waals surface area contributed by atoms with Crippen molar-refractivity contribution in [2.24, 2.45) is 0 Å². The number of nitrogens with zero attached hydrogens (tertiary/aromatic N) is 2. The van der Waals surface area contributed by atoms with Crippen LogP contribution in [0.15, 0.2) is 12.1 Å². The van der Waals surface area contributed by atoms with Gasteiger partial charge in [0.2, 0.25) is 0 Å². The molecule has 0 radical (unpaired) electrons. The number of hydrogen-bond acceptors (Lipinski definition) is 3. The minimum atomic E-state index is -0.895. The molecular formula is C13H12F2N2O2. The molecule has 4 nitrogen and oxygen atoms in total. The number of halogens is 2. The molecule has 2 rings (SSSR count). The fourth-order valence-corrected chi connectivity index (χ4v) is 1.90. The molecule has 1 fully saturated rings. The third-order valence-electron chi connectivity index (χ3n) is 2.98. The average molecular weight is 266 g/mol. The maximum absolute atomic E-state index is 13.6.